The number of nitrogens with zero attached hydrogens (tertiary/aromatic N) is 1. The van der Waals surface area contributed by atoms with Crippen molar-refractivity contribution in [2.24, 2.45) is 5.84 Å². The Kier molecular flexibility index (Phi) is 6.26. The third-order valence-electron chi connectivity index (χ3n) is 2.04. The highest BCUT2D eigenvalue weighted by Gasteiger charge is 2.16. The van der Waals surface area contributed by atoms with E-state index in [-0.39, 0.29) is 12.1 Å². The Labute approximate surface area is 79.2 Å². The minimum Gasteiger partial charge on any atom is -0.383 e. The summed E-state index contributed by atoms with van der Waals surface area (Å²) in [6.07, 6.45) is 0.900. The van der Waals surface area contributed by atoms with Gasteiger partial charge in [0.25, 0.3) is 0 Å². The summed E-state index contributed by atoms with van der Waals surface area (Å²) in [7, 11) is 1.61. The van der Waals surface area contributed by atoms with E-state index in [4.69, 9.17) is 10.6 Å². The van der Waals surface area contributed by atoms with Gasteiger partial charge in [-0.2, -0.15) is 0 Å². The van der Waals surface area contributed by atoms with E-state index >= 15 is 0 Å². The van der Waals surface area contributed by atoms with Gasteiger partial charge in [0.15, 0.2) is 0 Å². The van der Waals surface area contributed by atoms with Crippen LogP contribution in [0.15, 0.2) is 0 Å². The predicted octanol–water partition coefficient (Wildman–Crippen LogP) is 0.317. The van der Waals surface area contributed by atoms with Crippen molar-refractivity contribution in [2.45, 2.75) is 26.3 Å². The predicted molar refractivity (Wildman–Crippen MR) is 51.1 cm³/mol. The van der Waals surface area contributed by atoms with Gasteiger partial charge < -0.3 is 9.64 Å². The van der Waals surface area contributed by atoms with Crippen LogP contribution in [0.25, 0.3) is 0 Å². The fourth-order valence-electron chi connectivity index (χ4n) is 1.02. The van der Waals surface area contributed by atoms with Crippen LogP contribution in [0, 0.1) is 0 Å². The van der Waals surface area contributed by atoms with Crippen molar-refractivity contribution in [1.29, 1.82) is 0 Å². The Hall–Kier alpha value is -0.810. The smallest absolute Gasteiger partial charge is 0.331 e. The molecule has 2 amide bonds. The second-order valence-electron chi connectivity index (χ2n) is 2.89. The Bertz CT molecular complexity index is 152. The van der Waals surface area contributed by atoms with Gasteiger partial charge in [-0.3, -0.25) is 5.43 Å². The number of amides is 2. The molecule has 3 N–H and O–H groups in total. The van der Waals surface area contributed by atoms with E-state index in [1.807, 2.05) is 13.8 Å². The van der Waals surface area contributed by atoms with Crippen LogP contribution in [-0.4, -0.2) is 37.2 Å². The van der Waals surface area contributed by atoms with Crippen molar-refractivity contribution < 1.29 is 9.53 Å². The van der Waals surface area contributed by atoms with Crippen molar-refractivity contribution in [1.82, 2.24) is 10.3 Å². The van der Waals surface area contributed by atoms with Crippen LogP contribution in [-0.2, 0) is 4.74 Å². The zero-order chi connectivity index (χ0) is 10.3. The quantitative estimate of drug-likeness (QED) is 0.372. The van der Waals surface area contributed by atoms with Gasteiger partial charge >= 0.3 is 6.03 Å². The molecule has 0 aliphatic heterocycles. The molecule has 5 nitrogen and oxygen atoms in total. The molecule has 5 heteroatoms. The summed E-state index contributed by atoms with van der Waals surface area (Å²) in [5.41, 5.74) is 2.12. The summed E-state index contributed by atoms with van der Waals surface area (Å²) in [6, 6.07) is -0.0786. The summed E-state index contributed by atoms with van der Waals surface area (Å²) in [4.78, 5) is 12.9. The summed E-state index contributed by atoms with van der Waals surface area (Å²) in [5, 5.41) is 0. The van der Waals surface area contributed by atoms with Gasteiger partial charge in [-0.1, -0.05) is 6.92 Å². The first-order valence-electron chi connectivity index (χ1n) is 4.43. The average Bonchev–Trinajstić information content (AvgIpc) is 2.17. The van der Waals surface area contributed by atoms with E-state index in [0.717, 1.165) is 6.42 Å². The molecule has 0 aromatic heterocycles. The van der Waals surface area contributed by atoms with E-state index in [1.165, 1.54) is 0 Å². The van der Waals surface area contributed by atoms with Gasteiger partial charge in [-0.25, -0.2) is 10.6 Å². The van der Waals surface area contributed by atoms with Crippen LogP contribution < -0.4 is 11.3 Å². The number of carbonyl (C=O) groups is 1. The van der Waals surface area contributed by atoms with Crippen molar-refractivity contribution in [3.63, 3.8) is 0 Å². The summed E-state index contributed by atoms with van der Waals surface area (Å²) in [5.74, 6) is 5.06. The number of hydrazine groups is 1. The molecule has 0 aromatic rings. The summed E-state index contributed by atoms with van der Waals surface area (Å²) < 4.78 is 4.90. The normalized spacial score (nSPS) is 12.3. The van der Waals surface area contributed by atoms with Crippen LogP contribution in [0.3, 0.4) is 0 Å². The number of hydrogen-bond donors (Lipinski definition) is 2. The van der Waals surface area contributed by atoms with Crippen LogP contribution in [0.1, 0.15) is 20.3 Å². The maximum atomic E-state index is 11.3. The maximum Gasteiger partial charge on any atom is 0.331 e. The van der Waals surface area contributed by atoms with Crippen LogP contribution in [0.4, 0.5) is 4.79 Å². The zero-order valence-electron chi connectivity index (χ0n) is 8.54. The average molecular weight is 189 g/mol. The van der Waals surface area contributed by atoms with Gasteiger partial charge in [-0.05, 0) is 13.3 Å². The van der Waals surface area contributed by atoms with E-state index in [1.54, 1.807) is 12.0 Å². The van der Waals surface area contributed by atoms with Gasteiger partial charge in [0.1, 0.15) is 0 Å². The van der Waals surface area contributed by atoms with E-state index in [9.17, 15) is 4.79 Å². The van der Waals surface area contributed by atoms with Crippen LogP contribution in [0.2, 0.25) is 0 Å². The topological polar surface area (TPSA) is 67.6 Å². The summed E-state index contributed by atoms with van der Waals surface area (Å²) in [6.45, 7) is 5.09. The first kappa shape index (κ1) is 12.2. The van der Waals surface area contributed by atoms with E-state index < -0.39 is 0 Å². The Morgan fingerprint density at radius 3 is 2.69 bits per heavy atom. The van der Waals surface area contributed by atoms with E-state index in [0.29, 0.717) is 13.2 Å². The van der Waals surface area contributed by atoms with Gasteiger partial charge in [0.2, 0.25) is 0 Å². The summed E-state index contributed by atoms with van der Waals surface area (Å²) >= 11 is 0. The number of hydrogen-bond acceptors (Lipinski definition) is 3. The van der Waals surface area contributed by atoms with Gasteiger partial charge in [0.05, 0.1) is 6.61 Å². The van der Waals surface area contributed by atoms with Gasteiger partial charge in [-0.15, -0.1) is 0 Å². The zero-order valence-corrected chi connectivity index (χ0v) is 8.54. The highest BCUT2D eigenvalue weighted by atomic mass is 16.5. The molecule has 0 aliphatic rings. The minimum atomic E-state index is -0.258. The molecule has 0 bridgehead atoms. The molecule has 1 unspecified atom stereocenters. The third kappa shape index (κ3) is 4.10. The van der Waals surface area contributed by atoms with Crippen LogP contribution >= 0.6 is 0 Å². The lowest BCUT2D eigenvalue weighted by Crippen LogP contribution is -2.48. The lowest BCUT2D eigenvalue weighted by Gasteiger charge is -2.27. The second kappa shape index (κ2) is 6.68. The van der Waals surface area contributed by atoms with Crippen LogP contribution in [0.5, 0.6) is 0 Å². The molecule has 0 aliphatic carbocycles. The number of nitrogens with two attached hydrogens (primary N) is 1. The van der Waals surface area contributed by atoms with Crippen molar-refractivity contribution in [2.75, 3.05) is 20.3 Å². The van der Waals surface area contributed by atoms with Crippen molar-refractivity contribution >= 4 is 6.03 Å². The largest absolute Gasteiger partial charge is 0.383 e. The molecule has 0 spiro atoms. The first-order chi connectivity index (χ1) is 6.17. The lowest BCUT2D eigenvalue weighted by atomic mass is 10.2. The SMILES string of the molecule is CCC(C)N(CCOC)C(=O)NN. The molecule has 0 fully saturated rings. The number of ether oxygens (including phenoxy) is 1. The molecule has 0 rings (SSSR count). The molecule has 0 heterocycles. The first-order valence-corrected chi connectivity index (χ1v) is 4.43. The highest BCUT2D eigenvalue weighted by Crippen LogP contribution is 2.02. The van der Waals surface area contributed by atoms with E-state index in [2.05, 4.69) is 5.43 Å². The minimum absolute atomic E-state index is 0.179. The number of carbonyl (C=O) groups excluding carboxylic acids is 1. The Balaban J connectivity index is 4.09. The molecule has 0 saturated carbocycles. The van der Waals surface area contributed by atoms with Gasteiger partial charge in [0, 0.05) is 19.7 Å². The molecular weight excluding hydrogens is 170 g/mol. The number of methoxy groups -OCH3 is 1. The molecule has 1 atom stereocenters. The third-order valence-corrected chi connectivity index (χ3v) is 2.04. The molecule has 13 heavy (non-hydrogen) atoms. The molecule has 78 valence electrons. The lowest BCUT2D eigenvalue weighted by molar-refractivity contribution is 0.131. The monoisotopic (exact) mass is 189 g/mol. The number of urea groups is 1. The fraction of sp³-hybridized carbons (Fsp3) is 0.875. The number of nitrogens with one attached hydrogen (secondary N) is 1. The molecule has 0 aromatic carbocycles. The standard InChI is InChI=1S/C8H19N3O2/c1-4-7(2)11(5-6-13-3)8(12)10-9/h7H,4-6,9H2,1-3H3,(H,10,12). The second-order valence-corrected chi connectivity index (χ2v) is 2.89. The Morgan fingerprint density at radius 2 is 2.31 bits per heavy atom. The maximum absolute atomic E-state index is 11.3. The van der Waals surface area contributed by atoms with Crippen molar-refractivity contribution in [3.8, 4) is 0 Å². The fourth-order valence-corrected chi connectivity index (χ4v) is 1.02. The van der Waals surface area contributed by atoms with Crippen molar-refractivity contribution in [3.05, 3.63) is 0 Å². The molecular formula is C8H19N3O2. The molecule has 0 radical (unpaired) electrons. The number of rotatable bonds is 5. The Morgan fingerprint density at radius 1 is 1.69 bits per heavy atom. The highest BCUT2D eigenvalue weighted by molar-refractivity contribution is 5.73. The molecule has 0 saturated heterocycles.